The second-order valence-electron chi connectivity index (χ2n) is 7.11. The van der Waals surface area contributed by atoms with Gasteiger partial charge in [0.2, 0.25) is 5.91 Å². The Hall–Kier alpha value is -3.25. The first kappa shape index (κ1) is 20.0. The average Bonchev–Trinajstić information content (AvgIpc) is 3.30. The van der Waals surface area contributed by atoms with Crippen molar-refractivity contribution in [1.82, 2.24) is 14.5 Å². The van der Waals surface area contributed by atoms with Crippen molar-refractivity contribution in [2.75, 3.05) is 7.05 Å². The Balaban J connectivity index is 1.53. The summed E-state index contributed by atoms with van der Waals surface area (Å²) in [5, 5.41) is 0.648. The molecule has 0 radical (unpaired) electrons. The van der Waals surface area contributed by atoms with E-state index in [0.29, 0.717) is 23.1 Å². The van der Waals surface area contributed by atoms with Gasteiger partial charge in [-0.25, -0.2) is 4.98 Å². The highest BCUT2D eigenvalue weighted by atomic mass is 35.5. The summed E-state index contributed by atoms with van der Waals surface area (Å²) in [5.41, 5.74) is 1.71. The first-order valence-corrected chi connectivity index (χ1v) is 9.99. The maximum absolute atomic E-state index is 12.9. The van der Waals surface area contributed by atoms with Gasteiger partial charge in [-0.05, 0) is 55.5 Å². The predicted octanol–water partition coefficient (Wildman–Crippen LogP) is 4.83. The van der Waals surface area contributed by atoms with Gasteiger partial charge in [0.15, 0.2) is 0 Å². The lowest BCUT2D eigenvalue weighted by Crippen LogP contribution is -2.30. The molecule has 0 unspecified atom stereocenters. The lowest BCUT2D eigenvalue weighted by molar-refractivity contribution is -0.131. The number of furan rings is 1. The maximum atomic E-state index is 12.9. The van der Waals surface area contributed by atoms with Gasteiger partial charge in [0, 0.05) is 12.1 Å². The summed E-state index contributed by atoms with van der Waals surface area (Å²) in [4.78, 5) is 19.2. The van der Waals surface area contributed by atoms with E-state index in [4.69, 9.17) is 20.8 Å². The van der Waals surface area contributed by atoms with Crippen LogP contribution in [0.1, 0.15) is 17.3 Å². The SMILES string of the molecule is Cc1ccc(CN(C)C(=O)Cn2c(COc3ccc(Cl)cc3)nc3ccccc32)o1. The van der Waals surface area contributed by atoms with Gasteiger partial charge in [0.25, 0.3) is 0 Å². The molecular formula is C23H22ClN3O3. The molecule has 4 aromatic rings. The molecule has 0 bridgehead atoms. The molecule has 6 nitrogen and oxygen atoms in total. The minimum Gasteiger partial charge on any atom is -0.486 e. The molecule has 7 heteroatoms. The highest BCUT2D eigenvalue weighted by molar-refractivity contribution is 6.30. The van der Waals surface area contributed by atoms with Crippen LogP contribution in [0.15, 0.2) is 65.1 Å². The molecule has 0 aliphatic carbocycles. The summed E-state index contributed by atoms with van der Waals surface area (Å²) < 4.78 is 13.4. The molecule has 30 heavy (non-hydrogen) atoms. The quantitative estimate of drug-likeness (QED) is 0.427. The van der Waals surface area contributed by atoms with Gasteiger partial charge in [0.05, 0.1) is 17.6 Å². The van der Waals surface area contributed by atoms with Crippen LogP contribution < -0.4 is 4.74 Å². The number of benzene rings is 2. The van der Waals surface area contributed by atoms with Gasteiger partial charge in [0.1, 0.15) is 36.2 Å². The molecule has 1 amide bonds. The van der Waals surface area contributed by atoms with E-state index in [2.05, 4.69) is 4.98 Å². The van der Waals surface area contributed by atoms with Crippen molar-refractivity contribution >= 4 is 28.5 Å². The molecule has 0 aliphatic rings. The summed E-state index contributed by atoms with van der Waals surface area (Å²) in [6.07, 6.45) is 0. The van der Waals surface area contributed by atoms with E-state index < -0.39 is 0 Å². The summed E-state index contributed by atoms with van der Waals surface area (Å²) in [7, 11) is 1.77. The summed E-state index contributed by atoms with van der Waals surface area (Å²) >= 11 is 5.93. The number of para-hydroxylation sites is 2. The number of carbonyl (C=O) groups is 1. The third-order valence-corrected chi connectivity index (χ3v) is 5.08. The highest BCUT2D eigenvalue weighted by Crippen LogP contribution is 2.20. The number of aromatic nitrogens is 2. The number of imidazole rings is 1. The second kappa shape index (κ2) is 8.63. The van der Waals surface area contributed by atoms with Gasteiger partial charge in [-0.3, -0.25) is 4.79 Å². The number of likely N-dealkylation sites (N-methyl/N-ethyl adjacent to an activating group) is 1. The van der Waals surface area contributed by atoms with Crippen LogP contribution in [0.5, 0.6) is 5.75 Å². The molecule has 154 valence electrons. The minimum atomic E-state index is -0.0417. The van der Waals surface area contributed by atoms with Crippen LogP contribution >= 0.6 is 11.6 Å². The summed E-state index contributed by atoms with van der Waals surface area (Å²) in [6.45, 7) is 2.70. The molecule has 0 spiro atoms. The number of hydrogen-bond donors (Lipinski definition) is 0. The van der Waals surface area contributed by atoms with Gasteiger partial charge < -0.3 is 18.6 Å². The van der Waals surface area contributed by atoms with Crippen LogP contribution in [0.4, 0.5) is 0 Å². The number of nitrogens with zero attached hydrogens (tertiary/aromatic N) is 3. The number of hydrogen-bond acceptors (Lipinski definition) is 4. The Morgan fingerprint density at radius 2 is 1.90 bits per heavy atom. The normalized spacial score (nSPS) is 11.0. The molecule has 0 atom stereocenters. The zero-order valence-corrected chi connectivity index (χ0v) is 17.6. The summed E-state index contributed by atoms with van der Waals surface area (Å²) in [5.74, 6) is 2.91. The molecule has 0 fully saturated rings. The van der Waals surface area contributed by atoms with Crippen LogP contribution in [0.2, 0.25) is 5.02 Å². The van der Waals surface area contributed by atoms with E-state index in [1.807, 2.05) is 47.9 Å². The van der Waals surface area contributed by atoms with E-state index in [-0.39, 0.29) is 19.1 Å². The van der Waals surface area contributed by atoms with E-state index in [9.17, 15) is 4.79 Å². The Morgan fingerprint density at radius 1 is 1.13 bits per heavy atom. The lowest BCUT2D eigenvalue weighted by Gasteiger charge is -2.17. The number of rotatable bonds is 7. The van der Waals surface area contributed by atoms with Crippen molar-refractivity contribution in [3.05, 3.63) is 83.0 Å². The molecule has 4 rings (SSSR count). The molecule has 0 N–H and O–H groups in total. The molecule has 0 saturated carbocycles. The van der Waals surface area contributed by atoms with Gasteiger partial charge in [-0.1, -0.05) is 23.7 Å². The van der Waals surface area contributed by atoms with Crippen molar-refractivity contribution < 1.29 is 13.9 Å². The van der Waals surface area contributed by atoms with E-state index >= 15 is 0 Å². The molecule has 2 aromatic heterocycles. The van der Waals surface area contributed by atoms with Crippen LogP contribution in [0.3, 0.4) is 0 Å². The topological polar surface area (TPSA) is 60.5 Å². The minimum absolute atomic E-state index is 0.0417. The number of carbonyl (C=O) groups excluding carboxylic acids is 1. The van der Waals surface area contributed by atoms with E-state index in [0.717, 1.165) is 22.6 Å². The molecule has 0 saturated heterocycles. The lowest BCUT2D eigenvalue weighted by atomic mass is 10.3. The fourth-order valence-corrected chi connectivity index (χ4v) is 3.36. The smallest absolute Gasteiger partial charge is 0.242 e. The Bertz CT molecular complexity index is 1160. The molecule has 2 heterocycles. The fourth-order valence-electron chi connectivity index (χ4n) is 3.24. The Kier molecular flexibility index (Phi) is 5.77. The zero-order chi connectivity index (χ0) is 21.1. The van der Waals surface area contributed by atoms with Crippen molar-refractivity contribution in [2.45, 2.75) is 26.6 Å². The van der Waals surface area contributed by atoms with Crippen LogP contribution in [0.25, 0.3) is 11.0 Å². The van der Waals surface area contributed by atoms with Crippen molar-refractivity contribution in [1.29, 1.82) is 0 Å². The van der Waals surface area contributed by atoms with E-state index in [1.165, 1.54) is 0 Å². The van der Waals surface area contributed by atoms with E-state index in [1.54, 1.807) is 36.2 Å². The molecule has 2 aromatic carbocycles. The van der Waals surface area contributed by atoms with Crippen molar-refractivity contribution in [2.24, 2.45) is 0 Å². The van der Waals surface area contributed by atoms with Gasteiger partial charge in [-0.2, -0.15) is 0 Å². The highest BCUT2D eigenvalue weighted by Gasteiger charge is 2.17. The maximum Gasteiger partial charge on any atom is 0.242 e. The average molecular weight is 424 g/mol. The molecule has 0 aliphatic heterocycles. The number of aryl methyl sites for hydroxylation is 1. The van der Waals surface area contributed by atoms with Gasteiger partial charge in [-0.15, -0.1) is 0 Å². The Labute approximate surface area is 179 Å². The first-order valence-electron chi connectivity index (χ1n) is 9.61. The zero-order valence-electron chi connectivity index (χ0n) is 16.8. The monoisotopic (exact) mass is 423 g/mol. The van der Waals surface area contributed by atoms with Crippen molar-refractivity contribution in [3.8, 4) is 5.75 Å². The standard InChI is InChI=1S/C23H22ClN3O3/c1-16-7-10-19(30-16)13-26(2)23(28)14-27-21-6-4-3-5-20(21)25-22(27)15-29-18-11-8-17(24)9-12-18/h3-12H,13-15H2,1-2H3. The first-order chi connectivity index (χ1) is 14.5. The van der Waals surface area contributed by atoms with Crippen LogP contribution in [-0.2, 0) is 24.5 Å². The van der Waals surface area contributed by atoms with Gasteiger partial charge >= 0.3 is 0 Å². The predicted molar refractivity (Wildman–Crippen MR) is 115 cm³/mol. The molecular weight excluding hydrogens is 402 g/mol. The second-order valence-corrected chi connectivity index (χ2v) is 7.54. The third kappa shape index (κ3) is 4.49. The number of fused-ring (bicyclic) bond motifs is 1. The number of ether oxygens (including phenoxy) is 1. The third-order valence-electron chi connectivity index (χ3n) is 4.82. The Morgan fingerprint density at radius 3 is 2.63 bits per heavy atom. The van der Waals surface area contributed by atoms with Crippen molar-refractivity contribution in [3.63, 3.8) is 0 Å². The van der Waals surface area contributed by atoms with Crippen LogP contribution in [-0.4, -0.2) is 27.4 Å². The number of halogens is 1. The fraction of sp³-hybridized carbons (Fsp3) is 0.217. The van der Waals surface area contributed by atoms with Crippen LogP contribution in [0, 0.1) is 6.92 Å². The largest absolute Gasteiger partial charge is 0.486 e. The summed E-state index contributed by atoms with van der Waals surface area (Å²) in [6, 6.07) is 18.7. The number of amides is 1.